The van der Waals surface area contributed by atoms with Gasteiger partial charge in [-0.15, -0.1) is 0 Å². The molecule has 1 aromatic heterocycles. The molecule has 0 aliphatic carbocycles. The van der Waals surface area contributed by atoms with E-state index in [4.69, 9.17) is 0 Å². The van der Waals surface area contributed by atoms with Crippen LogP contribution in [0.25, 0.3) is 10.9 Å². The van der Waals surface area contributed by atoms with Gasteiger partial charge in [-0.1, -0.05) is 24.6 Å². The number of hydrogen-bond donors (Lipinski definition) is 2. The maximum atomic E-state index is 12.2. The summed E-state index contributed by atoms with van der Waals surface area (Å²) < 4.78 is 0. The Morgan fingerprint density at radius 1 is 1.41 bits per heavy atom. The van der Waals surface area contributed by atoms with Gasteiger partial charge in [-0.3, -0.25) is 9.89 Å². The van der Waals surface area contributed by atoms with Crippen LogP contribution in [0.1, 0.15) is 43.1 Å². The summed E-state index contributed by atoms with van der Waals surface area (Å²) in [6, 6.07) is 8.38. The maximum Gasteiger partial charge on any atom is 0.272 e. The van der Waals surface area contributed by atoms with E-state index in [0.717, 1.165) is 23.9 Å². The highest BCUT2D eigenvalue weighted by Crippen LogP contribution is 2.16. The molecule has 118 valence electrons. The van der Waals surface area contributed by atoms with Crippen LogP contribution in [0.4, 0.5) is 0 Å². The van der Waals surface area contributed by atoms with Gasteiger partial charge in [0.1, 0.15) is 0 Å². The monoisotopic (exact) mass is 300 g/mol. The van der Waals surface area contributed by atoms with Crippen molar-refractivity contribution in [2.45, 2.75) is 38.6 Å². The number of nitrogens with zero attached hydrogens (tertiary/aromatic N) is 2. The fraction of sp³-hybridized carbons (Fsp3) is 0.529. The second-order valence-electron chi connectivity index (χ2n) is 6.11. The third-order valence-corrected chi connectivity index (χ3v) is 4.53. The number of hydrogen-bond acceptors (Lipinski definition) is 3. The molecule has 0 bridgehead atoms. The Hall–Kier alpha value is -1.88. The molecule has 1 amide bonds. The third-order valence-electron chi connectivity index (χ3n) is 4.53. The molecule has 1 unspecified atom stereocenters. The Bertz CT molecular complexity index is 636. The molecule has 2 aromatic rings. The van der Waals surface area contributed by atoms with Crippen LogP contribution in [0.15, 0.2) is 24.3 Å². The summed E-state index contributed by atoms with van der Waals surface area (Å²) in [5, 5.41) is 10.9. The third kappa shape index (κ3) is 3.30. The van der Waals surface area contributed by atoms with Crippen LogP contribution in [-0.2, 0) is 0 Å². The SMILES string of the molecule is CC1CCCCN1CCCNC(=O)c1n[nH]c2ccccc12. The van der Waals surface area contributed by atoms with Crippen molar-refractivity contribution in [2.75, 3.05) is 19.6 Å². The van der Waals surface area contributed by atoms with Crippen molar-refractivity contribution in [1.29, 1.82) is 0 Å². The fourth-order valence-electron chi connectivity index (χ4n) is 3.19. The summed E-state index contributed by atoms with van der Waals surface area (Å²) in [6.07, 6.45) is 4.93. The molecule has 2 N–H and O–H groups in total. The van der Waals surface area contributed by atoms with E-state index in [9.17, 15) is 4.79 Å². The summed E-state index contributed by atoms with van der Waals surface area (Å²) in [4.78, 5) is 14.8. The number of H-pyrrole nitrogens is 1. The summed E-state index contributed by atoms with van der Waals surface area (Å²) >= 11 is 0. The van der Waals surface area contributed by atoms with Gasteiger partial charge >= 0.3 is 0 Å². The van der Waals surface area contributed by atoms with Gasteiger partial charge < -0.3 is 10.2 Å². The minimum absolute atomic E-state index is 0.0934. The number of rotatable bonds is 5. The van der Waals surface area contributed by atoms with Crippen LogP contribution in [0.3, 0.4) is 0 Å². The number of nitrogens with one attached hydrogen (secondary N) is 2. The smallest absolute Gasteiger partial charge is 0.272 e. The van der Waals surface area contributed by atoms with Crippen molar-refractivity contribution in [3.8, 4) is 0 Å². The lowest BCUT2D eigenvalue weighted by Gasteiger charge is -2.33. The average Bonchev–Trinajstić information content (AvgIpc) is 2.97. The largest absolute Gasteiger partial charge is 0.351 e. The van der Waals surface area contributed by atoms with Crippen LogP contribution < -0.4 is 5.32 Å². The van der Waals surface area contributed by atoms with E-state index in [-0.39, 0.29) is 5.91 Å². The number of para-hydroxylation sites is 1. The van der Waals surface area contributed by atoms with Crippen LogP contribution in [0, 0.1) is 0 Å². The second-order valence-corrected chi connectivity index (χ2v) is 6.11. The molecule has 3 rings (SSSR count). The first kappa shape index (κ1) is 15.0. The van der Waals surface area contributed by atoms with Gasteiger partial charge in [0.2, 0.25) is 0 Å². The number of carbonyl (C=O) groups is 1. The summed E-state index contributed by atoms with van der Waals surface area (Å²) in [5.41, 5.74) is 1.39. The molecule has 1 fully saturated rings. The van der Waals surface area contributed by atoms with E-state index in [1.54, 1.807) is 0 Å². The molecule has 1 aliphatic rings. The van der Waals surface area contributed by atoms with Crippen molar-refractivity contribution in [2.24, 2.45) is 0 Å². The molecule has 5 heteroatoms. The first-order chi connectivity index (χ1) is 10.8. The quantitative estimate of drug-likeness (QED) is 0.834. The number of fused-ring (bicyclic) bond motifs is 1. The number of amides is 1. The van der Waals surface area contributed by atoms with Crippen molar-refractivity contribution in [3.05, 3.63) is 30.0 Å². The highest BCUT2D eigenvalue weighted by atomic mass is 16.1. The topological polar surface area (TPSA) is 61.0 Å². The van der Waals surface area contributed by atoms with Crippen LogP contribution in [-0.4, -0.2) is 46.7 Å². The van der Waals surface area contributed by atoms with Crippen molar-refractivity contribution >= 4 is 16.8 Å². The number of piperidine rings is 1. The van der Waals surface area contributed by atoms with Gasteiger partial charge in [-0.05, 0) is 38.8 Å². The number of carbonyl (C=O) groups excluding carboxylic acids is 1. The normalized spacial score (nSPS) is 19.4. The minimum Gasteiger partial charge on any atom is -0.351 e. The standard InChI is InChI=1S/C17H24N4O/c1-13-7-4-5-11-21(13)12-6-10-18-17(22)16-14-8-2-3-9-15(14)19-20-16/h2-3,8-9,13H,4-7,10-12H2,1H3,(H,18,22)(H,19,20). The molecule has 0 radical (unpaired) electrons. The summed E-state index contributed by atoms with van der Waals surface area (Å²) in [7, 11) is 0. The van der Waals surface area contributed by atoms with E-state index in [2.05, 4.69) is 27.3 Å². The van der Waals surface area contributed by atoms with Crippen molar-refractivity contribution in [1.82, 2.24) is 20.4 Å². The van der Waals surface area contributed by atoms with Crippen molar-refractivity contribution < 1.29 is 4.79 Å². The number of aromatic nitrogens is 2. The molecule has 1 aliphatic heterocycles. The van der Waals surface area contributed by atoms with E-state index in [1.165, 1.54) is 25.8 Å². The number of likely N-dealkylation sites (tertiary alicyclic amines) is 1. The Morgan fingerprint density at radius 3 is 3.14 bits per heavy atom. The predicted molar refractivity (Wildman–Crippen MR) is 87.9 cm³/mol. The maximum absolute atomic E-state index is 12.2. The Balaban J connectivity index is 1.48. The van der Waals surface area contributed by atoms with Crippen LogP contribution in [0.2, 0.25) is 0 Å². The van der Waals surface area contributed by atoms with Gasteiger partial charge in [-0.25, -0.2) is 0 Å². The van der Waals surface area contributed by atoms with Gasteiger partial charge in [0.25, 0.3) is 5.91 Å². The molecule has 1 aromatic carbocycles. The minimum atomic E-state index is -0.0934. The van der Waals surface area contributed by atoms with Gasteiger partial charge in [0.05, 0.1) is 5.52 Å². The zero-order chi connectivity index (χ0) is 15.4. The molecule has 0 spiro atoms. The first-order valence-corrected chi connectivity index (χ1v) is 8.21. The van der Waals surface area contributed by atoms with Crippen LogP contribution >= 0.6 is 0 Å². The Kier molecular flexibility index (Phi) is 4.73. The number of benzene rings is 1. The zero-order valence-electron chi connectivity index (χ0n) is 13.1. The molecular formula is C17H24N4O. The highest BCUT2D eigenvalue weighted by Gasteiger charge is 2.17. The van der Waals surface area contributed by atoms with Gasteiger partial charge in [-0.2, -0.15) is 5.10 Å². The molecule has 5 nitrogen and oxygen atoms in total. The van der Waals surface area contributed by atoms with Crippen LogP contribution in [0.5, 0.6) is 0 Å². The van der Waals surface area contributed by atoms with E-state index in [0.29, 0.717) is 18.3 Å². The Morgan fingerprint density at radius 2 is 2.27 bits per heavy atom. The fourth-order valence-corrected chi connectivity index (χ4v) is 3.19. The summed E-state index contributed by atoms with van der Waals surface area (Å²) in [6.45, 7) is 5.25. The van der Waals surface area contributed by atoms with E-state index < -0.39 is 0 Å². The molecule has 22 heavy (non-hydrogen) atoms. The Labute approximate surface area is 131 Å². The van der Waals surface area contributed by atoms with Gasteiger partial charge in [0, 0.05) is 24.5 Å². The molecule has 1 atom stereocenters. The van der Waals surface area contributed by atoms with E-state index >= 15 is 0 Å². The lowest BCUT2D eigenvalue weighted by atomic mass is 10.0. The molecule has 2 heterocycles. The highest BCUT2D eigenvalue weighted by molar-refractivity contribution is 6.04. The molecular weight excluding hydrogens is 276 g/mol. The number of aromatic amines is 1. The first-order valence-electron chi connectivity index (χ1n) is 8.21. The lowest BCUT2D eigenvalue weighted by molar-refractivity contribution is 0.0945. The molecule has 0 saturated carbocycles. The second kappa shape index (κ2) is 6.92. The van der Waals surface area contributed by atoms with Crippen molar-refractivity contribution in [3.63, 3.8) is 0 Å². The summed E-state index contributed by atoms with van der Waals surface area (Å²) in [5.74, 6) is -0.0934. The lowest BCUT2D eigenvalue weighted by Crippen LogP contribution is -2.39. The predicted octanol–water partition coefficient (Wildman–Crippen LogP) is 2.56. The molecule has 1 saturated heterocycles. The zero-order valence-corrected chi connectivity index (χ0v) is 13.1. The average molecular weight is 300 g/mol. The van der Waals surface area contributed by atoms with Gasteiger partial charge in [0.15, 0.2) is 5.69 Å². The van der Waals surface area contributed by atoms with E-state index in [1.807, 2.05) is 24.3 Å².